The van der Waals surface area contributed by atoms with E-state index in [1.165, 1.54) is 0 Å². The molecule has 0 bridgehead atoms. The Morgan fingerprint density at radius 2 is 2.16 bits per heavy atom. The van der Waals surface area contributed by atoms with E-state index in [-0.39, 0.29) is 18.0 Å². The molecule has 1 N–H and O–H groups in total. The second kappa shape index (κ2) is 6.88. The van der Waals surface area contributed by atoms with Gasteiger partial charge >= 0.3 is 0 Å². The summed E-state index contributed by atoms with van der Waals surface area (Å²) < 4.78 is 7.14. The standard InChI is InChI=1S/C19H25N3O3/c1-12(2)22-13(3)17(10-20-22)19(24)21-11-15(23)9-18(21)14-6-5-7-16(8-14)25-4/h5-8,10,12,15,18,23H,9,11H2,1-4H3/t15-,18+/m1/s1. The molecule has 0 spiro atoms. The Kier molecular flexibility index (Phi) is 4.81. The van der Waals surface area contributed by atoms with Gasteiger partial charge in [-0.15, -0.1) is 0 Å². The number of aliphatic hydroxyl groups is 1. The number of methoxy groups -OCH3 is 1. The van der Waals surface area contributed by atoms with Gasteiger partial charge in [0, 0.05) is 18.3 Å². The van der Waals surface area contributed by atoms with E-state index in [1.54, 1.807) is 18.2 Å². The van der Waals surface area contributed by atoms with Crippen molar-refractivity contribution in [1.29, 1.82) is 0 Å². The quantitative estimate of drug-likeness (QED) is 0.927. The molecule has 0 saturated carbocycles. The number of ether oxygens (including phenoxy) is 1. The summed E-state index contributed by atoms with van der Waals surface area (Å²) in [6.45, 7) is 6.31. The van der Waals surface area contributed by atoms with Crippen molar-refractivity contribution in [2.45, 2.75) is 45.4 Å². The lowest BCUT2D eigenvalue weighted by atomic mass is 10.0. The molecule has 134 valence electrons. The summed E-state index contributed by atoms with van der Waals surface area (Å²) in [4.78, 5) is 14.9. The van der Waals surface area contributed by atoms with Gasteiger partial charge in [0.2, 0.25) is 0 Å². The molecule has 2 atom stereocenters. The second-order valence-corrected chi connectivity index (χ2v) is 6.82. The maximum atomic E-state index is 13.1. The van der Waals surface area contributed by atoms with Crippen molar-refractivity contribution in [2.75, 3.05) is 13.7 Å². The fourth-order valence-corrected chi connectivity index (χ4v) is 3.51. The largest absolute Gasteiger partial charge is 0.497 e. The highest BCUT2D eigenvalue weighted by atomic mass is 16.5. The van der Waals surface area contributed by atoms with Gasteiger partial charge in [-0.2, -0.15) is 5.10 Å². The minimum atomic E-state index is -0.527. The highest BCUT2D eigenvalue weighted by Crippen LogP contribution is 2.35. The predicted molar refractivity (Wildman–Crippen MR) is 94.7 cm³/mol. The molecule has 1 fully saturated rings. The molecule has 2 heterocycles. The molecule has 1 saturated heterocycles. The topological polar surface area (TPSA) is 67.6 Å². The molecule has 1 aliphatic rings. The predicted octanol–water partition coefficient (Wildman–Crippen LogP) is 2.73. The van der Waals surface area contributed by atoms with E-state index in [9.17, 15) is 9.90 Å². The molecular weight excluding hydrogens is 318 g/mol. The first kappa shape index (κ1) is 17.5. The number of amides is 1. The molecular formula is C19H25N3O3. The van der Waals surface area contributed by atoms with Crippen LogP contribution < -0.4 is 4.74 Å². The van der Waals surface area contributed by atoms with Gasteiger partial charge in [0.25, 0.3) is 5.91 Å². The molecule has 3 rings (SSSR count). The molecule has 1 aromatic carbocycles. The smallest absolute Gasteiger partial charge is 0.257 e. The summed E-state index contributed by atoms with van der Waals surface area (Å²) in [7, 11) is 1.62. The summed E-state index contributed by atoms with van der Waals surface area (Å²) in [6, 6.07) is 7.70. The van der Waals surface area contributed by atoms with Crippen molar-refractivity contribution in [3.05, 3.63) is 47.3 Å². The van der Waals surface area contributed by atoms with Crippen molar-refractivity contribution < 1.29 is 14.6 Å². The van der Waals surface area contributed by atoms with Crippen molar-refractivity contribution in [3.8, 4) is 5.75 Å². The van der Waals surface area contributed by atoms with Crippen LogP contribution in [0.4, 0.5) is 0 Å². The lowest BCUT2D eigenvalue weighted by Gasteiger charge is -2.25. The fourth-order valence-electron chi connectivity index (χ4n) is 3.51. The number of β-amino-alcohol motifs (C(OH)–C–C–N with tert-alkyl or cyclic N) is 1. The number of rotatable bonds is 4. The SMILES string of the molecule is COc1cccc([C@@H]2C[C@@H](O)CN2C(=O)c2cnn(C(C)C)c2C)c1. The van der Waals surface area contributed by atoms with Gasteiger partial charge < -0.3 is 14.7 Å². The lowest BCUT2D eigenvalue weighted by Crippen LogP contribution is -2.32. The number of nitrogens with zero attached hydrogens (tertiary/aromatic N) is 3. The molecule has 0 radical (unpaired) electrons. The summed E-state index contributed by atoms with van der Waals surface area (Å²) in [5.74, 6) is 0.656. The highest BCUT2D eigenvalue weighted by Gasteiger charge is 2.37. The molecule has 1 amide bonds. The molecule has 0 unspecified atom stereocenters. The van der Waals surface area contributed by atoms with Gasteiger partial charge in [0.05, 0.1) is 31.0 Å². The molecule has 0 aliphatic carbocycles. The highest BCUT2D eigenvalue weighted by molar-refractivity contribution is 5.95. The average molecular weight is 343 g/mol. The molecule has 25 heavy (non-hydrogen) atoms. The number of likely N-dealkylation sites (tertiary alicyclic amines) is 1. The van der Waals surface area contributed by atoms with Gasteiger partial charge in [-0.1, -0.05) is 12.1 Å². The Morgan fingerprint density at radius 1 is 1.40 bits per heavy atom. The van der Waals surface area contributed by atoms with Crippen molar-refractivity contribution >= 4 is 5.91 Å². The number of carbonyl (C=O) groups excluding carboxylic acids is 1. The Balaban J connectivity index is 1.92. The van der Waals surface area contributed by atoms with Crippen LogP contribution in [0.25, 0.3) is 0 Å². The van der Waals surface area contributed by atoms with Gasteiger partial charge in [0.15, 0.2) is 0 Å². The summed E-state index contributed by atoms with van der Waals surface area (Å²) in [5, 5.41) is 14.5. The molecule has 6 heteroatoms. The van der Waals surface area contributed by atoms with Crippen LogP contribution in [0.1, 0.15) is 54.0 Å². The van der Waals surface area contributed by atoms with E-state index < -0.39 is 6.10 Å². The maximum absolute atomic E-state index is 13.1. The number of hydrogen-bond acceptors (Lipinski definition) is 4. The molecule has 1 aliphatic heterocycles. The Morgan fingerprint density at radius 3 is 2.80 bits per heavy atom. The van der Waals surface area contributed by atoms with E-state index in [2.05, 4.69) is 5.10 Å². The van der Waals surface area contributed by atoms with E-state index in [4.69, 9.17) is 4.74 Å². The van der Waals surface area contributed by atoms with Crippen LogP contribution in [0.5, 0.6) is 5.75 Å². The van der Waals surface area contributed by atoms with Crippen molar-refractivity contribution in [1.82, 2.24) is 14.7 Å². The van der Waals surface area contributed by atoms with Crippen molar-refractivity contribution in [3.63, 3.8) is 0 Å². The zero-order valence-corrected chi connectivity index (χ0v) is 15.1. The zero-order chi connectivity index (χ0) is 18.1. The normalized spacial score (nSPS) is 20.3. The minimum Gasteiger partial charge on any atom is -0.497 e. The van der Waals surface area contributed by atoms with E-state index in [1.807, 2.05) is 49.7 Å². The van der Waals surface area contributed by atoms with Crippen molar-refractivity contribution in [2.24, 2.45) is 0 Å². The first-order valence-corrected chi connectivity index (χ1v) is 8.59. The first-order valence-electron chi connectivity index (χ1n) is 8.59. The monoisotopic (exact) mass is 343 g/mol. The van der Waals surface area contributed by atoms with Gasteiger partial charge in [-0.05, 0) is 44.9 Å². The van der Waals surface area contributed by atoms with Crippen LogP contribution in [0.3, 0.4) is 0 Å². The Hall–Kier alpha value is -2.34. The third-order valence-corrected chi connectivity index (χ3v) is 4.78. The summed E-state index contributed by atoms with van der Waals surface area (Å²) in [5.41, 5.74) is 2.42. The minimum absolute atomic E-state index is 0.0891. The van der Waals surface area contributed by atoms with E-state index >= 15 is 0 Å². The molecule has 1 aromatic heterocycles. The molecule has 6 nitrogen and oxygen atoms in total. The van der Waals surface area contributed by atoms with Crippen LogP contribution in [0.15, 0.2) is 30.5 Å². The Bertz CT molecular complexity index is 769. The fraction of sp³-hybridized carbons (Fsp3) is 0.474. The molecule has 2 aromatic rings. The zero-order valence-electron chi connectivity index (χ0n) is 15.1. The number of aliphatic hydroxyl groups excluding tert-OH is 1. The van der Waals surface area contributed by atoms with E-state index in [0.29, 0.717) is 18.5 Å². The number of benzene rings is 1. The first-order chi connectivity index (χ1) is 11.9. The van der Waals surface area contributed by atoms with Crippen LogP contribution in [0, 0.1) is 6.92 Å². The Labute approximate surface area is 148 Å². The maximum Gasteiger partial charge on any atom is 0.257 e. The third kappa shape index (κ3) is 3.26. The van der Waals surface area contributed by atoms with E-state index in [0.717, 1.165) is 17.0 Å². The third-order valence-electron chi connectivity index (χ3n) is 4.78. The summed E-state index contributed by atoms with van der Waals surface area (Å²) in [6.07, 6.45) is 1.63. The van der Waals surface area contributed by atoms with Crippen LogP contribution >= 0.6 is 0 Å². The average Bonchev–Trinajstić information content (AvgIpc) is 3.17. The number of aromatic nitrogens is 2. The van der Waals surface area contributed by atoms with Gasteiger partial charge in [-0.25, -0.2) is 0 Å². The van der Waals surface area contributed by atoms with Crippen LogP contribution in [-0.4, -0.2) is 45.5 Å². The summed E-state index contributed by atoms with van der Waals surface area (Å²) >= 11 is 0. The lowest BCUT2D eigenvalue weighted by molar-refractivity contribution is 0.0714. The number of carbonyl (C=O) groups is 1. The van der Waals surface area contributed by atoms with Gasteiger partial charge in [0.1, 0.15) is 5.75 Å². The van der Waals surface area contributed by atoms with Crippen LogP contribution in [0.2, 0.25) is 0 Å². The second-order valence-electron chi connectivity index (χ2n) is 6.82. The van der Waals surface area contributed by atoms with Gasteiger partial charge in [-0.3, -0.25) is 9.48 Å². The van der Waals surface area contributed by atoms with Crippen LogP contribution in [-0.2, 0) is 0 Å². The number of hydrogen-bond donors (Lipinski definition) is 1.